The second-order valence-corrected chi connectivity index (χ2v) is 8.08. The first-order chi connectivity index (χ1) is 13.2. The van der Waals surface area contributed by atoms with E-state index >= 15 is 0 Å². The highest BCUT2D eigenvalue weighted by atomic mass is 32.1. The zero-order valence-electron chi connectivity index (χ0n) is 15.1. The second kappa shape index (κ2) is 8.01. The Bertz CT molecular complexity index is 910. The number of ketones is 1. The van der Waals surface area contributed by atoms with Gasteiger partial charge in [0.15, 0.2) is 5.78 Å². The van der Waals surface area contributed by atoms with Crippen LogP contribution in [0.4, 0.5) is 0 Å². The van der Waals surface area contributed by atoms with Crippen LogP contribution in [-0.2, 0) is 11.2 Å². The van der Waals surface area contributed by atoms with Crippen LogP contribution in [0.15, 0.2) is 54.6 Å². The van der Waals surface area contributed by atoms with Gasteiger partial charge in [-0.3, -0.25) is 9.59 Å². The normalized spacial score (nSPS) is 15.2. The van der Waals surface area contributed by atoms with E-state index in [1.54, 1.807) is 11.3 Å². The Balaban J connectivity index is 1.29. The van der Waals surface area contributed by atoms with E-state index in [1.807, 2.05) is 53.4 Å². The Morgan fingerprint density at radius 2 is 1.70 bits per heavy atom. The van der Waals surface area contributed by atoms with Gasteiger partial charge < -0.3 is 4.90 Å². The number of hydrogen-bond donors (Lipinski definition) is 0. The molecule has 1 aliphatic heterocycles. The predicted molar refractivity (Wildman–Crippen MR) is 108 cm³/mol. The summed E-state index contributed by atoms with van der Waals surface area (Å²) in [5, 5.41) is 1.01. The van der Waals surface area contributed by atoms with Crippen LogP contribution in [0.25, 0.3) is 10.2 Å². The molecule has 1 saturated heterocycles. The van der Waals surface area contributed by atoms with E-state index in [9.17, 15) is 9.59 Å². The number of thiazole rings is 1. The van der Waals surface area contributed by atoms with Crippen LogP contribution < -0.4 is 0 Å². The number of amides is 1. The van der Waals surface area contributed by atoms with Gasteiger partial charge >= 0.3 is 0 Å². The van der Waals surface area contributed by atoms with Crippen LogP contribution in [0.3, 0.4) is 0 Å². The Labute approximate surface area is 162 Å². The van der Waals surface area contributed by atoms with Crippen LogP contribution in [0, 0.1) is 5.92 Å². The minimum Gasteiger partial charge on any atom is -0.343 e. The number of piperidine rings is 1. The van der Waals surface area contributed by atoms with Gasteiger partial charge in [-0.1, -0.05) is 42.5 Å². The summed E-state index contributed by atoms with van der Waals surface area (Å²) in [4.78, 5) is 31.6. The van der Waals surface area contributed by atoms with E-state index in [2.05, 4.69) is 11.1 Å². The molecule has 138 valence electrons. The topological polar surface area (TPSA) is 50.3 Å². The maximum absolute atomic E-state index is 12.6. The molecule has 0 aliphatic carbocycles. The molecule has 0 saturated carbocycles. The molecule has 0 N–H and O–H groups in total. The lowest BCUT2D eigenvalue weighted by Crippen LogP contribution is -2.40. The molecule has 1 fully saturated rings. The van der Waals surface area contributed by atoms with Crippen molar-refractivity contribution in [1.82, 2.24) is 9.88 Å². The molecular weight excluding hydrogens is 356 g/mol. The number of benzene rings is 2. The minimum absolute atomic E-state index is 0.0284. The number of Topliss-reactive ketones (excluding diaryl/α,β-unsaturated/α-hetero) is 1. The fraction of sp³-hybridized carbons (Fsp3) is 0.318. The lowest BCUT2D eigenvalue weighted by Gasteiger charge is -2.31. The molecular formula is C22H22N2O2S. The fourth-order valence-electron chi connectivity index (χ4n) is 3.63. The minimum atomic E-state index is 0.0284. The Kier molecular flexibility index (Phi) is 5.30. The highest BCUT2D eigenvalue weighted by Crippen LogP contribution is 2.24. The molecule has 0 spiro atoms. The largest absolute Gasteiger partial charge is 0.343 e. The molecule has 1 aromatic heterocycles. The van der Waals surface area contributed by atoms with Crippen LogP contribution in [0.5, 0.6) is 0 Å². The van der Waals surface area contributed by atoms with Gasteiger partial charge in [0.25, 0.3) is 0 Å². The van der Waals surface area contributed by atoms with Gasteiger partial charge in [-0.2, -0.15) is 0 Å². The standard InChI is InChI=1S/C22H22N2O2S/c25-21(11-10-20-23-18-8-4-5-9-19(18)27-20)24-14-12-17(13-15-24)22(26)16-6-2-1-3-7-16/h1-9,17H,10-15H2. The molecule has 0 radical (unpaired) electrons. The Morgan fingerprint density at radius 1 is 1.00 bits per heavy atom. The first-order valence-electron chi connectivity index (χ1n) is 9.42. The van der Waals surface area contributed by atoms with E-state index in [1.165, 1.54) is 4.70 Å². The molecule has 1 amide bonds. The van der Waals surface area contributed by atoms with Gasteiger partial charge in [-0.15, -0.1) is 11.3 Å². The summed E-state index contributed by atoms with van der Waals surface area (Å²) < 4.78 is 1.17. The molecule has 0 atom stereocenters. The number of likely N-dealkylation sites (tertiary alicyclic amines) is 1. The predicted octanol–water partition coefficient (Wildman–Crippen LogP) is 4.35. The van der Waals surface area contributed by atoms with Crippen molar-refractivity contribution in [3.63, 3.8) is 0 Å². The SMILES string of the molecule is O=C(c1ccccc1)C1CCN(C(=O)CCc2nc3ccccc3s2)CC1. The van der Waals surface area contributed by atoms with Gasteiger partial charge in [0.2, 0.25) is 5.91 Å². The Hall–Kier alpha value is -2.53. The molecule has 27 heavy (non-hydrogen) atoms. The number of carbonyl (C=O) groups excluding carboxylic acids is 2. The van der Waals surface area contributed by atoms with E-state index in [0.717, 1.165) is 28.9 Å². The third-order valence-corrected chi connectivity index (χ3v) is 6.26. The molecule has 2 aromatic carbocycles. The average Bonchev–Trinajstić information content (AvgIpc) is 3.15. The number of hydrogen-bond acceptors (Lipinski definition) is 4. The lowest BCUT2D eigenvalue weighted by molar-refractivity contribution is -0.132. The maximum Gasteiger partial charge on any atom is 0.222 e. The number of aromatic nitrogens is 1. The Morgan fingerprint density at radius 3 is 2.44 bits per heavy atom. The maximum atomic E-state index is 12.6. The van der Waals surface area contributed by atoms with Gasteiger partial charge in [0.05, 0.1) is 15.2 Å². The number of fused-ring (bicyclic) bond motifs is 1. The van der Waals surface area contributed by atoms with Gasteiger partial charge in [0.1, 0.15) is 0 Å². The molecule has 1 aliphatic rings. The number of rotatable bonds is 5. The molecule has 3 aromatic rings. The first-order valence-corrected chi connectivity index (χ1v) is 10.2. The molecule has 4 rings (SSSR count). The van der Waals surface area contributed by atoms with E-state index < -0.39 is 0 Å². The third-order valence-electron chi connectivity index (χ3n) is 5.17. The van der Waals surface area contributed by atoms with E-state index in [4.69, 9.17) is 0 Å². The van der Waals surface area contributed by atoms with Crippen LogP contribution in [0.2, 0.25) is 0 Å². The van der Waals surface area contributed by atoms with Crippen LogP contribution in [-0.4, -0.2) is 34.7 Å². The van der Waals surface area contributed by atoms with Gasteiger partial charge in [-0.25, -0.2) is 4.98 Å². The van der Waals surface area contributed by atoms with Crippen LogP contribution >= 0.6 is 11.3 Å². The first kappa shape index (κ1) is 17.9. The van der Waals surface area contributed by atoms with Crippen molar-refractivity contribution in [3.8, 4) is 0 Å². The summed E-state index contributed by atoms with van der Waals surface area (Å²) in [6.07, 6.45) is 2.67. The smallest absolute Gasteiger partial charge is 0.222 e. The number of aryl methyl sites for hydroxylation is 1. The van der Waals surface area contributed by atoms with Gasteiger partial charge in [0, 0.05) is 37.4 Å². The zero-order chi connectivity index (χ0) is 18.6. The van der Waals surface area contributed by atoms with Crippen molar-refractivity contribution in [3.05, 3.63) is 65.2 Å². The molecule has 2 heterocycles. The fourth-order valence-corrected chi connectivity index (χ4v) is 4.59. The lowest BCUT2D eigenvalue weighted by atomic mass is 9.89. The number of carbonyl (C=O) groups is 2. The second-order valence-electron chi connectivity index (χ2n) is 6.96. The summed E-state index contributed by atoms with van der Waals surface area (Å²) >= 11 is 1.66. The number of para-hydroxylation sites is 1. The van der Waals surface area contributed by atoms with Crippen molar-refractivity contribution in [2.75, 3.05) is 13.1 Å². The van der Waals surface area contributed by atoms with Crippen molar-refractivity contribution in [2.45, 2.75) is 25.7 Å². The quantitative estimate of drug-likeness (QED) is 0.620. The number of nitrogens with zero attached hydrogens (tertiary/aromatic N) is 2. The zero-order valence-corrected chi connectivity index (χ0v) is 16.0. The van der Waals surface area contributed by atoms with Crippen molar-refractivity contribution in [1.29, 1.82) is 0 Å². The molecule has 0 bridgehead atoms. The highest BCUT2D eigenvalue weighted by Gasteiger charge is 2.27. The average molecular weight is 378 g/mol. The molecule has 5 heteroatoms. The van der Waals surface area contributed by atoms with Crippen molar-refractivity contribution in [2.24, 2.45) is 5.92 Å². The van der Waals surface area contributed by atoms with Crippen molar-refractivity contribution >= 4 is 33.2 Å². The van der Waals surface area contributed by atoms with E-state index in [-0.39, 0.29) is 17.6 Å². The monoisotopic (exact) mass is 378 g/mol. The summed E-state index contributed by atoms with van der Waals surface area (Å²) in [6, 6.07) is 17.5. The van der Waals surface area contributed by atoms with Gasteiger partial charge in [-0.05, 0) is 25.0 Å². The summed E-state index contributed by atoms with van der Waals surface area (Å²) in [7, 11) is 0. The van der Waals surface area contributed by atoms with Crippen molar-refractivity contribution < 1.29 is 9.59 Å². The highest BCUT2D eigenvalue weighted by molar-refractivity contribution is 7.18. The third kappa shape index (κ3) is 4.08. The van der Waals surface area contributed by atoms with Crippen LogP contribution in [0.1, 0.15) is 34.6 Å². The summed E-state index contributed by atoms with van der Waals surface area (Å²) in [6.45, 7) is 1.34. The molecule has 0 unspecified atom stereocenters. The van der Waals surface area contributed by atoms with E-state index in [0.29, 0.717) is 25.9 Å². The summed E-state index contributed by atoms with van der Waals surface area (Å²) in [5.74, 6) is 0.401. The molecule has 4 nitrogen and oxygen atoms in total. The summed E-state index contributed by atoms with van der Waals surface area (Å²) in [5.41, 5.74) is 1.78.